The van der Waals surface area contributed by atoms with Gasteiger partial charge in [0.15, 0.2) is 0 Å². The molecule has 1 nitrogen and oxygen atoms in total. The van der Waals surface area contributed by atoms with Gasteiger partial charge in [0.1, 0.15) is 0 Å². The summed E-state index contributed by atoms with van der Waals surface area (Å²) in [6.45, 7) is 7.55. The highest BCUT2D eigenvalue weighted by Gasteiger charge is 2.30. The highest BCUT2D eigenvalue weighted by molar-refractivity contribution is 6.36. The monoisotopic (exact) mass is 313 g/mol. The molecule has 0 aliphatic heterocycles. The maximum Gasteiger partial charge on any atom is 0.0456 e. The van der Waals surface area contributed by atoms with Gasteiger partial charge in [-0.25, -0.2) is 0 Å². The molecule has 0 radical (unpaired) electrons. The standard InChI is InChI=1S/C17H25Cl2N/c1-17(2,3)20-11-13(12-7-4-5-8-12)16-14(18)9-6-10-15(16)19/h6,9-10,12-13,20H,4-5,7-8,11H2,1-3H3. The van der Waals surface area contributed by atoms with Crippen LogP contribution in [0.4, 0.5) is 0 Å². The molecule has 0 heterocycles. The lowest BCUT2D eigenvalue weighted by atomic mass is 9.84. The molecule has 0 aromatic heterocycles. The molecule has 1 aromatic carbocycles. The van der Waals surface area contributed by atoms with E-state index in [1.165, 1.54) is 25.7 Å². The second-order valence-electron chi connectivity index (χ2n) is 6.92. The van der Waals surface area contributed by atoms with Gasteiger partial charge in [-0.3, -0.25) is 0 Å². The fourth-order valence-corrected chi connectivity index (χ4v) is 3.82. The number of hydrogen-bond acceptors (Lipinski definition) is 1. The Morgan fingerprint density at radius 3 is 2.20 bits per heavy atom. The van der Waals surface area contributed by atoms with Gasteiger partial charge in [-0.1, -0.05) is 42.1 Å². The van der Waals surface area contributed by atoms with Crippen LogP contribution in [0.25, 0.3) is 0 Å². The lowest BCUT2D eigenvalue weighted by molar-refractivity contribution is 0.351. The topological polar surface area (TPSA) is 12.0 Å². The summed E-state index contributed by atoms with van der Waals surface area (Å²) in [5.41, 5.74) is 1.25. The molecule has 1 saturated carbocycles. The lowest BCUT2D eigenvalue weighted by Crippen LogP contribution is -2.40. The Bertz CT molecular complexity index is 425. The Kier molecular flexibility index (Phi) is 5.39. The minimum absolute atomic E-state index is 0.116. The summed E-state index contributed by atoms with van der Waals surface area (Å²) in [6.07, 6.45) is 5.24. The van der Waals surface area contributed by atoms with Gasteiger partial charge in [0.05, 0.1) is 0 Å². The van der Waals surface area contributed by atoms with Crippen LogP contribution in [0.2, 0.25) is 10.0 Å². The lowest BCUT2D eigenvalue weighted by Gasteiger charge is -2.30. The highest BCUT2D eigenvalue weighted by atomic mass is 35.5. The largest absolute Gasteiger partial charge is 0.311 e. The summed E-state index contributed by atoms with van der Waals surface area (Å²) in [4.78, 5) is 0. The third kappa shape index (κ3) is 4.13. The van der Waals surface area contributed by atoms with E-state index < -0.39 is 0 Å². The van der Waals surface area contributed by atoms with E-state index in [9.17, 15) is 0 Å². The molecule has 1 fully saturated rings. The van der Waals surface area contributed by atoms with E-state index in [2.05, 4.69) is 26.1 Å². The molecule has 1 N–H and O–H groups in total. The molecule has 1 aliphatic rings. The Morgan fingerprint density at radius 1 is 1.15 bits per heavy atom. The summed E-state index contributed by atoms with van der Waals surface area (Å²) >= 11 is 12.9. The van der Waals surface area contributed by atoms with Crippen molar-refractivity contribution < 1.29 is 0 Å². The van der Waals surface area contributed by atoms with Gasteiger partial charge in [-0.05, 0) is 57.2 Å². The summed E-state index contributed by atoms with van der Waals surface area (Å²) in [5.74, 6) is 1.11. The molecule has 112 valence electrons. The fraction of sp³-hybridized carbons (Fsp3) is 0.647. The van der Waals surface area contributed by atoms with Crippen molar-refractivity contribution in [3.05, 3.63) is 33.8 Å². The van der Waals surface area contributed by atoms with Crippen LogP contribution < -0.4 is 5.32 Å². The average molecular weight is 314 g/mol. The summed E-state index contributed by atoms with van der Waals surface area (Å²) in [6, 6.07) is 5.85. The van der Waals surface area contributed by atoms with E-state index in [0.717, 1.165) is 22.2 Å². The summed E-state index contributed by atoms with van der Waals surface area (Å²) in [5, 5.41) is 5.26. The maximum absolute atomic E-state index is 6.44. The van der Waals surface area contributed by atoms with Gasteiger partial charge >= 0.3 is 0 Å². The minimum atomic E-state index is 0.116. The Hall–Kier alpha value is -0.240. The second-order valence-corrected chi connectivity index (χ2v) is 7.73. The van der Waals surface area contributed by atoms with Crippen LogP contribution in [0, 0.1) is 5.92 Å². The molecular weight excluding hydrogens is 289 g/mol. The predicted octanol–water partition coefficient (Wildman–Crippen LogP) is 5.66. The van der Waals surface area contributed by atoms with Gasteiger partial charge in [-0.2, -0.15) is 0 Å². The molecule has 1 aliphatic carbocycles. The highest BCUT2D eigenvalue weighted by Crippen LogP contribution is 2.42. The van der Waals surface area contributed by atoms with E-state index in [0.29, 0.717) is 11.8 Å². The zero-order valence-electron chi connectivity index (χ0n) is 12.7. The number of hydrogen-bond donors (Lipinski definition) is 1. The number of halogens is 2. The minimum Gasteiger partial charge on any atom is -0.311 e. The normalized spacial score (nSPS) is 18.4. The van der Waals surface area contributed by atoms with Gasteiger partial charge in [0.25, 0.3) is 0 Å². The molecule has 0 amide bonds. The molecule has 0 bridgehead atoms. The molecular formula is C17H25Cl2N. The van der Waals surface area contributed by atoms with Crippen molar-refractivity contribution in [1.29, 1.82) is 0 Å². The van der Waals surface area contributed by atoms with E-state index in [-0.39, 0.29) is 5.54 Å². The van der Waals surface area contributed by atoms with Crippen LogP contribution >= 0.6 is 23.2 Å². The van der Waals surface area contributed by atoms with Crippen LogP contribution in [0.1, 0.15) is 57.9 Å². The van der Waals surface area contributed by atoms with Gasteiger partial charge < -0.3 is 5.32 Å². The summed E-state index contributed by atoms with van der Waals surface area (Å²) in [7, 11) is 0. The van der Waals surface area contributed by atoms with Crippen molar-refractivity contribution in [2.75, 3.05) is 6.54 Å². The van der Waals surface area contributed by atoms with Crippen molar-refractivity contribution in [3.63, 3.8) is 0 Å². The summed E-state index contributed by atoms with van der Waals surface area (Å²) < 4.78 is 0. The molecule has 1 atom stereocenters. The Morgan fingerprint density at radius 2 is 1.70 bits per heavy atom. The zero-order chi connectivity index (χ0) is 14.8. The molecule has 1 unspecified atom stereocenters. The van der Waals surface area contributed by atoms with E-state index in [4.69, 9.17) is 23.2 Å². The average Bonchev–Trinajstić information content (AvgIpc) is 2.85. The molecule has 20 heavy (non-hydrogen) atoms. The smallest absolute Gasteiger partial charge is 0.0456 e. The number of rotatable bonds is 4. The first kappa shape index (κ1) is 16.1. The van der Waals surface area contributed by atoms with Crippen LogP contribution in [0.5, 0.6) is 0 Å². The number of nitrogens with one attached hydrogen (secondary N) is 1. The number of benzene rings is 1. The van der Waals surface area contributed by atoms with Gasteiger partial charge in [0.2, 0.25) is 0 Å². The van der Waals surface area contributed by atoms with Crippen LogP contribution in [0.15, 0.2) is 18.2 Å². The third-order valence-corrected chi connectivity index (χ3v) is 4.85. The molecule has 1 aromatic rings. The van der Waals surface area contributed by atoms with Crippen molar-refractivity contribution >= 4 is 23.2 Å². The van der Waals surface area contributed by atoms with Crippen LogP contribution in [-0.2, 0) is 0 Å². The first-order valence-electron chi connectivity index (χ1n) is 7.57. The van der Waals surface area contributed by atoms with Gasteiger partial charge in [0, 0.05) is 28.0 Å². The molecule has 0 saturated heterocycles. The van der Waals surface area contributed by atoms with Crippen molar-refractivity contribution in [2.24, 2.45) is 5.92 Å². The first-order valence-corrected chi connectivity index (χ1v) is 8.33. The quantitative estimate of drug-likeness (QED) is 0.756. The van der Waals surface area contributed by atoms with E-state index in [1.807, 2.05) is 18.2 Å². The van der Waals surface area contributed by atoms with Crippen molar-refractivity contribution in [1.82, 2.24) is 5.32 Å². The maximum atomic E-state index is 6.44. The third-order valence-electron chi connectivity index (χ3n) is 4.19. The molecule has 3 heteroatoms. The van der Waals surface area contributed by atoms with E-state index in [1.54, 1.807) is 0 Å². The van der Waals surface area contributed by atoms with Crippen molar-refractivity contribution in [3.8, 4) is 0 Å². The fourth-order valence-electron chi connectivity index (χ4n) is 3.15. The first-order chi connectivity index (χ1) is 9.38. The van der Waals surface area contributed by atoms with E-state index >= 15 is 0 Å². The SMILES string of the molecule is CC(C)(C)NCC(c1c(Cl)cccc1Cl)C1CCCC1. The zero-order valence-corrected chi connectivity index (χ0v) is 14.2. The second kappa shape index (κ2) is 6.68. The molecule has 0 spiro atoms. The predicted molar refractivity (Wildman–Crippen MR) is 88.9 cm³/mol. The van der Waals surface area contributed by atoms with Crippen LogP contribution in [-0.4, -0.2) is 12.1 Å². The molecule has 2 rings (SSSR count). The Labute approximate surface area is 133 Å². The van der Waals surface area contributed by atoms with Gasteiger partial charge in [-0.15, -0.1) is 0 Å². The van der Waals surface area contributed by atoms with Crippen molar-refractivity contribution in [2.45, 2.75) is 57.9 Å². The Balaban J connectivity index is 2.25. The van der Waals surface area contributed by atoms with Crippen LogP contribution in [0.3, 0.4) is 0 Å².